The molecule has 28 heavy (non-hydrogen) atoms. The second-order valence-electron chi connectivity index (χ2n) is 6.81. The first-order chi connectivity index (χ1) is 13.3. The van der Waals surface area contributed by atoms with Crippen LogP contribution in [0, 0.1) is 0 Å². The number of carbonyl (C=O) groups excluding carboxylic acids is 1. The van der Waals surface area contributed by atoms with Gasteiger partial charge in [0, 0.05) is 24.4 Å². The summed E-state index contributed by atoms with van der Waals surface area (Å²) in [5.74, 6) is 0.399. The minimum atomic E-state index is -4.40. The van der Waals surface area contributed by atoms with Crippen molar-refractivity contribution >= 4 is 11.7 Å². The van der Waals surface area contributed by atoms with Gasteiger partial charge in [0.25, 0.3) is 5.91 Å². The molecule has 1 fully saturated rings. The number of pyridine rings is 1. The Kier molecular flexibility index (Phi) is 4.41. The van der Waals surface area contributed by atoms with Crippen LogP contribution in [0.2, 0.25) is 0 Å². The molecule has 1 saturated carbocycles. The number of nitrogens with zero attached hydrogens (tertiary/aromatic N) is 3. The quantitative estimate of drug-likeness (QED) is 0.711. The molecule has 0 bridgehead atoms. The van der Waals surface area contributed by atoms with E-state index in [9.17, 15) is 18.0 Å². The van der Waals surface area contributed by atoms with Crippen molar-refractivity contribution in [3.63, 3.8) is 0 Å². The highest BCUT2D eigenvalue weighted by Crippen LogP contribution is 2.41. The summed E-state index contributed by atoms with van der Waals surface area (Å²) in [5.41, 5.74) is 1.66. The highest BCUT2D eigenvalue weighted by atomic mass is 19.4. The van der Waals surface area contributed by atoms with Crippen molar-refractivity contribution in [1.29, 1.82) is 0 Å². The number of nitrogens with one attached hydrogen (secondary N) is 1. The summed E-state index contributed by atoms with van der Waals surface area (Å²) in [6, 6.07) is 8.24. The third-order valence-corrected chi connectivity index (χ3v) is 4.73. The molecule has 2 aromatic heterocycles. The number of benzene rings is 1. The second kappa shape index (κ2) is 6.78. The van der Waals surface area contributed by atoms with Crippen LogP contribution >= 0.6 is 0 Å². The highest BCUT2D eigenvalue weighted by molar-refractivity contribution is 6.03. The molecule has 4 rings (SSSR count). The van der Waals surface area contributed by atoms with E-state index in [1.165, 1.54) is 12.3 Å². The zero-order chi connectivity index (χ0) is 19.9. The number of alkyl halides is 3. The fourth-order valence-corrected chi connectivity index (χ4v) is 3.11. The molecule has 1 aliphatic rings. The summed E-state index contributed by atoms with van der Waals surface area (Å²) in [6.45, 7) is 0. The normalized spacial score (nSPS) is 14.1. The second-order valence-corrected chi connectivity index (χ2v) is 6.81. The number of hydrogen-bond acceptors (Lipinski definition) is 3. The van der Waals surface area contributed by atoms with E-state index in [0.717, 1.165) is 30.5 Å². The molecule has 144 valence electrons. The van der Waals surface area contributed by atoms with Gasteiger partial charge in [-0.3, -0.25) is 9.48 Å². The first kappa shape index (κ1) is 18.2. The van der Waals surface area contributed by atoms with Crippen molar-refractivity contribution < 1.29 is 18.0 Å². The minimum Gasteiger partial charge on any atom is -0.305 e. The molecule has 0 radical (unpaired) electrons. The number of anilines is 1. The summed E-state index contributed by atoms with van der Waals surface area (Å²) in [7, 11) is 1.71. The molecule has 8 heteroatoms. The Morgan fingerprint density at radius 1 is 1.14 bits per heavy atom. The van der Waals surface area contributed by atoms with Gasteiger partial charge in [-0.25, -0.2) is 4.98 Å². The summed E-state index contributed by atoms with van der Waals surface area (Å²) in [6.07, 6.45) is 0.860. The lowest BCUT2D eigenvalue weighted by molar-refractivity contribution is -0.137. The van der Waals surface area contributed by atoms with E-state index in [1.54, 1.807) is 36.1 Å². The summed E-state index contributed by atoms with van der Waals surface area (Å²) >= 11 is 0. The van der Waals surface area contributed by atoms with Crippen molar-refractivity contribution in [2.45, 2.75) is 24.9 Å². The number of carbonyl (C=O) groups is 1. The van der Waals surface area contributed by atoms with E-state index in [4.69, 9.17) is 0 Å². The average Bonchev–Trinajstić information content (AvgIpc) is 3.43. The third-order valence-electron chi connectivity index (χ3n) is 4.73. The molecule has 3 aromatic rings. The molecular weight excluding hydrogens is 369 g/mol. The predicted molar refractivity (Wildman–Crippen MR) is 97.8 cm³/mol. The Hall–Kier alpha value is -3.16. The van der Waals surface area contributed by atoms with Crippen LogP contribution in [-0.4, -0.2) is 20.7 Å². The van der Waals surface area contributed by atoms with Gasteiger partial charge < -0.3 is 5.32 Å². The lowest BCUT2D eigenvalue weighted by atomic mass is 10.0. The Morgan fingerprint density at radius 2 is 1.93 bits per heavy atom. The van der Waals surface area contributed by atoms with Crippen molar-refractivity contribution in [2.24, 2.45) is 7.05 Å². The van der Waals surface area contributed by atoms with E-state index in [2.05, 4.69) is 15.4 Å². The van der Waals surface area contributed by atoms with Gasteiger partial charge >= 0.3 is 6.18 Å². The van der Waals surface area contributed by atoms with Crippen LogP contribution in [0.4, 0.5) is 19.0 Å². The van der Waals surface area contributed by atoms with Crippen molar-refractivity contribution in [1.82, 2.24) is 14.8 Å². The van der Waals surface area contributed by atoms with Gasteiger partial charge in [0.15, 0.2) is 0 Å². The fraction of sp³-hybridized carbons (Fsp3) is 0.250. The van der Waals surface area contributed by atoms with Crippen LogP contribution in [0.15, 0.2) is 48.8 Å². The summed E-state index contributed by atoms with van der Waals surface area (Å²) < 4.78 is 40.2. The topological polar surface area (TPSA) is 59.8 Å². The van der Waals surface area contributed by atoms with Gasteiger partial charge in [-0.05, 0) is 48.6 Å². The molecule has 1 amide bonds. The number of hydrogen-bond donors (Lipinski definition) is 1. The van der Waals surface area contributed by atoms with E-state index >= 15 is 0 Å². The van der Waals surface area contributed by atoms with Crippen LogP contribution in [0.25, 0.3) is 11.1 Å². The molecule has 2 heterocycles. The van der Waals surface area contributed by atoms with Gasteiger partial charge in [-0.15, -0.1) is 0 Å². The Morgan fingerprint density at radius 3 is 2.57 bits per heavy atom. The zero-order valence-corrected chi connectivity index (χ0v) is 15.0. The number of amides is 1. The number of aryl methyl sites for hydroxylation is 1. The molecule has 1 aliphatic carbocycles. The first-order valence-electron chi connectivity index (χ1n) is 8.80. The van der Waals surface area contributed by atoms with E-state index in [0.29, 0.717) is 28.6 Å². The van der Waals surface area contributed by atoms with E-state index in [1.807, 2.05) is 0 Å². The van der Waals surface area contributed by atoms with Crippen LogP contribution in [-0.2, 0) is 13.2 Å². The zero-order valence-electron chi connectivity index (χ0n) is 15.0. The van der Waals surface area contributed by atoms with Gasteiger partial charge in [0.2, 0.25) is 0 Å². The van der Waals surface area contributed by atoms with E-state index in [-0.39, 0.29) is 5.91 Å². The minimum absolute atomic E-state index is 0.304. The largest absolute Gasteiger partial charge is 0.416 e. The lowest BCUT2D eigenvalue weighted by Gasteiger charge is -2.10. The Balaban J connectivity index is 1.53. The number of rotatable bonds is 4. The summed E-state index contributed by atoms with van der Waals surface area (Å²) in [5, 5.41) is 6.90. The van der Waals surface area contributed by atoms with Crippen LogP contribution in [0.5, 0.6) is 0 Å². The first-order valence-corrected chi connectivity index (χ1v) is 8.80. The van der Waals surface area contributed by atoms with Crippen LogP contribution in [0.3, 0.4) is 0 Å². The standard InChI is InChI=1S/C20H17F3N4O/c1-27-18(16(11-25-27)12-5-6-12)19(28)26-17-8-7-14(10-24-17)13-3-2-4-15(9-13)20(21,22)23/h2-4,7-12H,5-6H2,1H3,(H,24,26,28). The molecular formula is C20H17F3N4O. The van der Waals surface area contributed by atoms with Gasteiger partial charge in [0.05, 0.1) is 11.8 Å². The molecule has 0 atom stereocenters. The van der Waals surface area contributed by atoms with Gasteiger partial charge in [-0.1, -0.05) is 12.1 Å². The summed E-state index contributed by atoms with van der Waals surface area (Å²) in [4.78, 5) is 16.8. The van der Waals surface area contributed by atoms with Gasteiger partial charge in [0.1, 0.15) is 11.5 Å². The highest BCUT2D eigenvalue weighted by Gasteiger charge is 2.31. The van der Waals surface area contributed by atoms with Crippen molar-refractivity contribution in [3.8, 4) is 11.1 Å². The SMILES string of the molecule is Cn1ncc(C2CC2)c1C(=O)Nc1ccc(-c2cccc(C(F)(F)F)c2)cn1. The van der Waals surface area contributed by atoms with Crippen molar-refractivity contribution in [3.05, 3.63) is 65.6 Å². The monoisotopic (exact) mass is 386 g/mol. The fourth-order valence-electron chi connectivity index (χ4n) is 3.11. The maximum atomic E-state index is 12.9. The number of aromatic nitrogens is 3. The van der Waals surface area contributed by atoms with Crippen molar-refractivity contribution in [2.75, 3.05) is 5.32 Å². The molecule has 0 aliphatic heterocycles. The molecule has 0 saturated heterocycles. The molecule has 1 aromatic carbocycles. The van der Waals surface area contributed by atoms with Crippen LogP contribution in [0.1, 0.15) is 40.4 Å². The Bertz CT molecular complexity index is 1020. The predicted octanol–water partition coefficient (Wildman–Crippen LogP) is 4.63. The molecule has 0 spiro atoms. The molecule has 1 N–H and O–H groups in total. The lowest BCUT2D eigenvalue weighted by Crippen LogP contribution is -2.18. The van der Waals surface area contributed by atoms with Crippen LogP contribution < -0.4 is 5.32 Å². The Labute approximate surface area is 159 Å². The maximum Gasteiger partial charge on any atom is 0.416 e. The third kappa shape index (κ3) is 3.62. The van der Waals surface area contributed by atoms with Gasteiger partial charge in [-0.2, -0.15) is 18.3 Å². The maximum absolute atomic E-state index is 12.9. The smallest absolute Gasteiger partial charge is 0.305 e. The average molecular weight is 386 g/mol. The van der Waals surface area contributed by atoms with E-state index < -0.39 is 11.7 Å². The molecule has 5 nitrogen and oxygen atoms in total. The molecule has 0 unspecified atom stereocenters. The number of halogens is 3.